The second kappa shape index (κ2) is 6.38. The van der Waals surface area contributed by atoms with Crippen LogP contribution in [0.5, 0.6) is 0 Å². The Hall–Kier alpha value is -0.380. The van der Waals surface area contributed by atoms with Gasteiger partial charge in [0, 0.05) is 11.3 Å². The number of halogens is 1. The van der Waals surface area contributed by atoms with E-state index in [2.05, 4.69) is 18.7 Å². The molecule has 0 aromatic carbocycles. The predicted molar refractivity (Wildman–Crippen MR) is 82.2 cm³/mol. The number of carbonyl (C=O) groups is 1. The number of nitrogens with zero attached hydrogens (tertiary/aromatic N) is 1. The molecule has 0 amide bonds. The molecule has 0 bridgehead atoms. The summed E-state index contributed by atoms with van der Waals surface area (Å²) in [5, 5.41) is 2.70. The van der Waals surface area contributed by atoms with Gasteiger partial charge in [-0.15, -0.1) is 11.3 Å². The number of hydrogen-bond donors (Lipinski definition) is 0. The molecule has 1 aromatic heterocycles. The zero-order valence-corrected chi connectivity index (χ0v) is 13.3. The van der Waals surface area contributed by atoms with E-state index in [1.807, 2.05) is 11.4 Å². The van der Waals surface area contributed by atoms with Crippen LogP contribution in [-0.2, 0) is 11.2 Å². The molecular weight excluding hydrogens is 278 g/mol. The van der Waals surface area contributed by atoms with Crippen LogP contribution >= 0.6 is 22.9 Å². The summed E-state index contributed by atoms with van der Waals surface area (Å²) in [4.78, 5) is 16.3. The molecule has 2 rings (SSSR count). The van der Waals surface area contributed by atoms with Gasteiger partial charge >= 0.3 is 0 Å². The topological polar surface area (TPSA) is 20.3 Å². The SMILES string of the molecule is CCC(CC)(C(=O)Cc1sccc1Cl)N1CCCC1. The van der Waals surface area contributed by atoms with E-state index in [1.54, 1.807) is 11.3 Å². The van der Waals surface area contributed by atoms with Crippen LogP contribution in [0.2, 0.25) is 5.02 Å². The van der Waals surface area contributed by atoms with Gasteiger partial charge in [-0.25, -0.2) is 0 Å². The Labute approximate surface area is 124 Å². The monoisotopic (exact) mass is 299 g/mol. The number of thiophene rings is 1. The molecule has 4 heteroatoms. The lowest BCUT2D eigenvalue weighted by atomic mass is 9.84. The van der Waals surface area contributed by atoms with E-state index in [9.17, 15) is 4.79 Å². The van der Waals surface area contributed by atoms with E-state index >= 15 is 0 Å². The Kier molecular flexibility index (Phi) is 5.04. The number of Topliss-reactive ketones (excluding diaryl/α,β-unsaturated/α-hetero) is 1. The third kappa shape index (κ3) is 2.88. The van der Waals surface area contributed by atoms with Crippen LogP contribution in [0.1, 0.15) is 44.4 Å². The van der Waals surface area contributed by atoms with Crippen LogP contribution in [0, 0.1) is 0 Å². The van der Waals surface area contributed by atoms with Crippen molar-refractivity contribution in [3.63, 3.8) is 0 Å². The standard InChI is InChI=1S/C15H22ClNOS/c1-3-15(4-2,17-8-5-6-9-17)14(18)11-13-12(16)7-10-19-13/h7,10H,3-6,8-9,11H2,1-2H3. The summed E-state index contributed by atoms with van der Waals surface area (Å²) in [5.74, 6) is 0.337. The molecule has 2 nitrogen and oxygen atoms in total. The first-order chi connectivity index (χ1) is 9.14. The first-order valence-electron chi connectivity index (χ1n) is 7.14. The molecule has 0 aliphatic carbocycles. The maximum atomic E-state index is 12.8. The van der Waals surface area contributed by atoms with Crippen molar-refractivity contribution in [2.24, 2.45) is 0 Å². The fraction of sp³-hybridized carbons (Fsp3) is 0.667. The first-order valence-corrected chi connectivity index (χ1v) is 8.40. The molecule has 2 heterocycles. The van der Waals surface area contributed by atoms with Crippen LogP contribution in [-0.4, -0.2) is 29.3 Å². The lowest BCUT2D eigenvalue weighted by Gasteiger charge is -2.39. The summed E-state index contributed by atoms with van der Waals surface area (Å²) in [6.07, 6.45) is 4.70. The van der Waals surface area contributed by atoms with Crippen LogP contribution in [0.3, 0.4) is 0 Å². The van der Waals surface area contributed by atoms with Crippen molar-refractivity contribution >= 4 is 28.7 Å². The average Bonchev–Trinajstić information content (AvgIpc) is 3.05. The van der Waals surface area contributed by atoms with Crippen molar-refractivity contribution < 1.29 is 4.79 Å². The molecule has 1 saturated heterocycles. The van der Waals surface area contributed by atoms with Crippen molar-refractivity contribution in [3.05, 3.63) is 21.3 Å². The fourth-order valence-corrected chi connectivity index (χ4v) is 4.28. The first kappa shape index (κ1) is 15.0. The van der Waals surface area contributed by atoms with E-state index < -0.39 is 0 Å². The number of ketones is 1. The molecule has 1 fully saturated rings. The fourth-order valence-electron chi connectivity index (χ4n) is 3.17. The zero-order valence-electron chi connectivity index (χ0n) is 11.7. The molecule has 0 radical (unpaired) electrons. The van der Waals surface area contributed by atoms with Gasteiger partial charge in [-0.1, -0.05) is 25.4 Å². The Morgan fingerprint density at radius 1 is 1.37 bits per heavy atom. The maximum absolute atomic E-state index is 12.8. The molecule has 106 valence electrons. The minimum Gasteiger partial charge on any atom is -0.297 e. The molecule has 0 atom stereocenters. The van der Waals surface area contributed by atoms with Crippen molar-refractivity contribution in [1.29, 1.82) is 0 Å². The molecule has 0 N–H and O–H groups in total. The molecule has 0 saturated carbocycles. The largest absolute Gasteiger partial charge is 0.297 e. The summed E-state index contributed by atoms with van der Waals surface area (Å²) in [6, 6.07) is 1.88. The number of carbonyl (C=O) groups excluding carboxylic acids is 1. The van der Waals surface area contributed by atoms with Gasteiger partial charge in [0.25, 0.3) is 0 Å². The summed E-state index contributed by atoms with van der Waals surface area (Å²) in [6.45, 7) is 6.39. The van der Waals surface area contributed by atoms with E-state index in [0.717, 1.165) is 35.8 Å². The quantitative estimate of drug-likeness (QED) is 0.786. The Morgan fingerprint density at radius 2 is 2.00 bits per heavy atom. The molecule has 0 unspecified atom stereocenters. The molecule has 1 aliphatic rings. The van der Waals surface area contributed by atoms with Gasteiger partial charge in [0.1, 0.15) is 0 Å². The second-order valence-electron chi connectivity index (χ2n) is 5.22. The third-order valence-electron chi connectivity index (χ3n) is 4.41. The molecular formula is C15H22ClNOS. The highest BCUT2D eigenvalue weighted by atomic mass is 35.5. The van der Waals surface area contributed by atoms with Crippen molar-refractivity contribution in [2.45, 2.75) is 51.5 Å². The highest BCUT2D eigenvalue weighted by Crippen LogP contribution is 2.32. The Balaban J connectivity index is 2.18. The van der Waals surface area contributed by atoms with Crippen molar-refractivity contribution in [2.75, 3.05) is 13.1 Å². The van der Waals surface area contributed by atoms with Gasteiger partial charge in [-0.05, 0) is 50.2 Å². The summed E-state index contributed by atoms with van der Waals surface area (Å²) >= 11 is 7.71. The van der Waals surface area contributed by atoms with E-state index in [1.165, 1.54) is 12.8 Å². The van der Waals surface area contributed by atoms with Crippen molar-refractivity contribution in [1.82, 2.24) is 4.90 Å². The predicted octanol–water partition coefficient (Wildman–Crippen LogP) is 4.17. The van der Waals surface area contributed by atoms with Gasteiger partial charge in [-0.2, -0.15) is 0 Å². The van der Waals surface area contributed by atoms with Gasteiger partial charge in [0.05, 0.1) is 10.6 Å². The summed E-state index contributed by atoms with van der Waals surface area (Å²) in [7, 11) is 0. The lowest BCUT2D eigenvalue weighted by molar-refractivity contribution is -0.130. The molecule has 1 aromatic rings. The minimum atomic E-state index is -0.274. The smallest absolute Gasteiger partial charge is 0.158 e. The van der Waals surface area contributed by atoms with E-state index in [-0.39, 0.29) is 5.54 Å². The number of hydrogen-bond acceptors (Lipinski definition) is 3. The van der Waals surface area contributed by atoms with Gasteiger partial charge in [0.15, 0.2) is 5.78 Å². The minimum absolute atomic E-state index is 0.274. The van der Waals surface area contributed by atoms with E-state index in [4.69, 9.17) is 11.6 Å². The summed E-state index contributed by atoms with van der Waals surface area (Å²) in [5.41, 5.74) is -0.274. The van der Waals surface area contributed by atoms with E-state index in [0.29, 0.717) is 12.2 Å². The zero-order chi connectivity index (χ0) is 13.9. The van der Waals surface area contributed by atoms with Crippen molar-refractivity contribution in [3.8, 4) is 0 Å². The van der Waals surface area contributed by atoms with Gasteiger partial charge in [0.2, 0.25) is 0 Å². The lowest BCUT2D eigenvalue weighted by Crippen LogP contribution is -2.53. The highest BCUT2D eigenvalue weighted by Gasteiger charge is 2.41. The van der Waals surface area contributed by atoms with Crippen LogP contribution < -0.4 is 0 Å². The average molecular weight is 300 g/mol. The second-order valence-corrected chi connectivity index (χ2v) is 6.63. The Bertz CT molecular complexity index is 433. The van der Waals surface area contributed by atoms with Gasteiger partial charge in [-0.3, -0.25) is 9.69 Å². The van der Waals surface area contributed by atoms with Crippen LogP contribution in [0.15, 0.2) is 11.4 Å². The number of likely N-dealkylation sites (tertiary alicyclic amines) is 1. The maximum Gasteiger partial charge on any atom is 0.158 e. The molecule has 1 aliphatic heterocycles. The molecule has 0 spiro atoms. The third-order valence-corrected chi connectivity index (χ3v) is 5.80. The Morgan fingerprint density at radius 3 is 2.47 bits per heavy atom. The number of rotatable bonds is 6. The van der Waals surface area contributed by atoms with Gasteiger partial charge < -0.3 is 0 Å². The highest BCUT2D eigenvalue weighted by molar-refractivity contribution is 7.10. The molecule has 19 heavy (non-hydrogen) atoms. The van der Waals surface area contributed by atoms with Crippen LogP contribution in [0.4, 0.5) is 0 Å². The summed E-state index contributed by atoms with van der Waals surface area (Å²) < 4.78 is 0. The van der Waals surface area contributed by atoms with Crippen LogP contribution in [0.25, 0.3) is 0 Å². The normalized spacial score (nSPS) is 17.0.